The van der Waals surface area contributed by atoms with Gasteiger partial charge in [-0.3, -0.25) is 0 Å². The Morgan fingerprint density at radius 3 is 2.81 bits per heavy atom. The molecule has 2 N–H and O–H groups in total. The van der Waals surface area contributed by atoms with Crippen LogP contribution >= 0.6 is 22.9 Å². The zero-order valence-corrected chi connectivity index (χ0v) is 11.9. The molecule has 0 aliphatic heterocycles. The van der Waals surface area contributed by atoms with Crippen LogP contribution in [0.15, 0.2) is 24.4 Å². The fourth-order valence-corrected chi connectivity index (χ4v) is 2.73. The minimum Gasteiger partial charge on any atom is -0.380 e. The molecule has 0 bridgehead atoms. The average Bonchev–Trinajstić information content (AvgIpc) is 3.01. The number of nitrogens with zero attached hydrogens (tertiary/aromatic N) is 2. The summed E-state index contributed by atoms with van der Waals surface area (Å²) in [7, 11) is 0. The normalized spacial score (nSPS) is 12.0. The van der Waals surface area contributed by atoms with Gasteiger partial charge in [-0.2, -0.15) is 13.2 Å². The first-order valence-corrected chi connectivity index (χ1v) is 7.02. The summed E-state index contributed by atoms with van der Waals surface area (Å²) in [5.41, 5.74) is 1.28. The van der Waals surface area contributed by atoms with Crippen molar-refractivity contribution in [1.82, 2.24) is 15.0 Å². The number of hydrogen-bond donors (Lipinski definition) is 2. The fourth-order valence-electron chi connectivity index (χ4n) is 1.81. The molecule has 3 rings (SSSR count). The number of aromatic nitrogens is 3. The summed E-state index contributed by atoms with van der Waals surface area (Å²) in [4.78, 5) is 10.6. The lowest BCUT2D eigenvalue weighted by atomic mass is 10.3. The summed E-state index contributed by atoms with van der Waals surface area (Å²) in [6, 6.07) is 4.79. The van der Waals surface area contributed by atoms with E-state index in [1.165, 1.54) is 17.4 Å². The van der Waals surface area contributed by atoms with Crippen LogP contribution in [-0.2, 0) is 12.7 Å². The molecule has 9 heteroatoms. The maximum absolute atomic E-state index is 12.6. The molecule has 3 aromatic rings. The predicted molar refractivity (Wildman–Crippen MR) is 75.5 cm³/mol. The number of halogens is 4. The number of H-pyrrole nitrogens is 1. The Balaban J connectivity index is 1.80. The Bertz CT molecular complexity index is 780. The van der Waals surface area contributed by atoms with Crippen molar-refractivity contribution in [3.8, 4) is 0 Å². The first-order chi connectivity index (χ1) is 9.91. The molecule has 1 aromatic carbocycles. The third-order valence-electron chi connectivity index (χ3n) is 2.74. The largest absolute Gasteiger partial charge is 0.449 e. The van der Waals surface area contributed by atoms with Crippen LogP contribution in [0.2, 0.25) is 4.47 Å². The lowest BCUT2D eigenvalue weighted by Crippen LogP contribution is -2.06. The van der Waals surface area contributed by atoms with Crippen molar-refractivity contribution in [2.24, 2.45) is 0 Å². The molecule has 0 atom stereocenters. The van der Waals surface area contributed by atoms with Gasteiger partial charge in [-0.1, -0.05) is 11.6 Å². The van der Waals surface area contributed by atoms with Crippen LogP contribution in [0.5, 0.6) is 0 Å². The van der Waals surface area contributed by atoms with Crippen molar-refractivity contribution < 1.29 is 13.2 Å². The summed E-state index contributed by atoms with van der Waals surface area (Å²) >= 11 is 7.07. The molecular weight excluding hydrogens is 325 g/mol. The molecule has 0 fully saturated rings. The first kappa shape index (κ1) is 14.2. The van der Waals surface area contributed by atoms with E-state index >= 15 is 0 Å². The van der Waals surface area contributed by atoms with E-state index in [1.54, 1.807) is 18.3 Å². The molecule has 0 unspecified atom stereocenters. The van der Waals surface area contributed by atoms with Gasteiger partial charge in [-0.25, -0.2) is 9.97 Å². The van der Waals surface area contributed by atoms with Crippen LogP contribution in [0.1, 0.15) is 10.7 Å². The minimum absolute atomic E-state index is 0.272. The molecule has 21 heavy (non-hydrogen) atoms. The third kappa shape index (κ3) is 3.11. The number of nitrogens with one attached hydrogen (secondary N) is 2. The molecule has 2 heterocycles. The van der Waals surface area contributed by atoms with Gasteiger partial charge in [0, 0.05) is 16.8 Å². The highest BCUT2D eigenvalue weighted by atomic mass is 35.5. The number of imidazole rings is 1. The Kier molecular flexibility index (Phi) is 3.50. The van der Waals surface area contributed by atoms with E-state index in [-0.39, 0.29) is 5.52 Å². The second kappa shape index (κ2) is 5.19. The maximum atomic E-state index is 12.6. The van der Waals surface area contributed by atoms with E-state index in [0.29, 0.717) is 22.2 Å². The van der Waals surface area contributed by atoms with Crippen molar-refractivity contribution in [1.29, 1.82) is 0 Å². The van der Waals surface area contributed by atoms with Crippen molar-refractivity contribution in [2.75, 3.05) is 5.32 Å². The van der Waals surface area contributed by atoms with Gasteiger partial charge < -0.3 is 10.3 Å². The smallest absolute Gasteiger partial charge is 0.380 e. The van der Waals surface area contributed by atoms with Crippen LogP contribution in [0.4, 0.5) is 18.9 Å². The van der Waals surface area contributed by atoms with Crippen molar-refractivity contribution in [2.45, 2.75) is 12.7 Å². The first-order valence-electron chi connectivity index (χ1n) is 5.83. The van der Waals surface area contributed by atoms with E-state index in [1.807, 2.05) is 0 Å². The van der Waals surface area contributed by atoms with E-state index in [4.69, 9.17) is 11.6 Å². The zero-order valence-electron chi connectivity index (χ0n) is 10.3. The van der Waals surface area contributed by atoms with Crippen LogP contribution in [0, 0.1) is 0 Å². The number of anilines is 1. The van der Waals surface area contributed by atoms with Gasteiger partial charge >= 0.3 is 6.18 Å². The number of fused-ring (bicyclic) bond motifs is 1. The molecule has 110 valence electrons. The SMILES string of the molecule is FC(F)(F)c1nc2ccc(NCc3cnc(Cl)s3)cc2[nH]1. The van der Waals surface area contributed by atoms with Gasteiger partial charge in [0.1, 0.15) is 0 Å². The molecule has 0 radical (unpaired) electrons. The molecule has 2 aromatic heterocycles. The highest BCUT2D eigenvalue weighted by Gasteiger charge is 2.34. The third-order valence-corrected chi connectivity index (χ3v) is 3.86. The molecule has 0 saturated carbocycles. The minimum atomic E-state index is -4.48. The fraction of sp³-hybridized carbons (Fsp3) is 0.167. The van der Waals surface area contributed by atoms with Crippen molar-refractivity contribution in [3.63, 3.8) is 0 Å². The second-order valence-electron chi connectivity index (χ2n) is 4.25. The maximum Gasteiger partial charge on any atom is 0.449 e. The lowest BCUT2D eigenvalue weighted by Gasteiger charge is -2.03. The number of hydrogen-bond acceptors (Lipinski definition) is 4. The summed E-state index contributed by atoms with van der Waals surface area (Å²) in [6.07, 6.45) is -2.83. The van der Waals surface area contributed by atoms with E-state index in [2.05, 4.69) is 20.3 Å². The van der Waals surface area contributed by atoms with Crippen LogP contribution < -0.4 is 5.32 Å². The second-order valence-corrected chi connectivity index (χ2v) is 5.95. The lowest BCUT2D eigenvalue weighted by molar-refractivity contribution is -0.144. The molecule has 4 nitrogen and oxygen atoms in total. The summed E-state index contributed by atoms with van der Waals surface area (Å²) in [5, 5.41) is 3.10. The van der Waals surface area contributed by atoms with Crippen LogP contribution in [0.25, 0.3) is 11.0 Å². The van der Waals surface area contributed by atoms with Gasteiger partial charge in [0.05, 0.1) is 17.6 Å². The predicted octanol–water partition coefficient (Wildman–Crippen LogP) is 4.30. The van der Waals surface area contributed by atoms with E-state index in [0.717, 1.165) is 4.88 Å². The highest BCUT2D eigenvalue weighted by molar-refractivity contribution is 7.15. The summed E-state index contributed by atoms with van der Waals surface area (Å²) in [6.45, 7) is 0.496. The molecular formula is C12H8ClF3N4S. The molecule has 0 aliphatic rings. The molecule has 0 aliphatic carbocycles. The average molecular weight is 333 g/mol. The van der Waals surface area contributed by atoms with Crippen LogP contribution in [0.3, 0.4) is 0 Å². The van der Waals surface area contributed by atoms with Gasteiger partial charge in [0.15, 0.2) is 4.47 Å². The summed E-state index contributed by atoms with van der Waals surface area (Å²) in [5.74, 6) is -0.996. The van der Waals surface area contributed by atoms with Crippen molar-refractivity contribution >= 4 is 39.7 Å². The number of thiazole rings is 1. The van der Waals surface area contributed by atoms with Gasteiger partial charge in [0.2, 0.25) is 5.82 Å². The van der Waals surface area contributed by atoms with Crippen molar-refractivity contribution in [3.05, 3.63) is 39.6 Å². The Morgan fingerprint density at radius 1 is 1.33 bits per heavy atom. The Labute approximate surface area is 126 Å². The van der Waals surface area contributed by atoms with Gasteiger partial charge in [0.25, 0.3) is 0 Å². The van der Waals surface area contributed by atoms with Crippen LogP contribution in [-0.4, -0.2) is 15.0 Å². The molecule has 0 saturated heterocycles. The van der Waals surface area contributed by atoms with E-state index in [9.17, 15) is 13.2 Å². The Morgan fingerprint density at radius 2 is 2.14 bits per heavy atom. The zero-order chi connectivity index (χ0) is 15.0. The van der Waals surface area contributed by atoms with Gasteiger partial charge in [-0.05, 0) is 18.2 Å². The number of rotatable bonds is 3. The monoisotopic (exact) mass is 332 g/mol. The van der Waals surface area contributed by atoms with Gasteiger partial charge in [-0.15, -0.1) is 11.3 Å². The Hall–Kier alpha value is -1.80. The molecule has 0 spiro atoms. The summed E-state index contributed by atoms with van der Waals surface area (Å²) < 4.78 is 38.2. The number of benzene rings is 1. The quantitative estimate of drug-likeness (QED) is 0.751. The standard InChI is InChI=1S/C12H8ClF3N4S/c13-11-18-5-7(21-11)4-17-6-1-2-8-9(3-6)20-10(19-8)12(14,15)16/h1-3,5,17H,4H2,(H,19,20). The van der Waals surface area contributed by atoms with E-state index < -0.39 is 12.0 Å². The topological polar surface area (TPSA) is 53.6 Å². The highest BCUT2D eigenvalue weighted by Crippen LogP contribution is 2.29. The number of alkyl halides is 3. The molecule has 0 amide bonds. The number of aromatic amines is 1.